The number of imidazole rings is 1. The highest BCUT2D eigenvalue weighted by Crippen LogP contribution is 2.24. The largest absolute Gasteiger partial charge is 0.476 e. The molecule has 0 spiro atoms. The van der Waals surface area contributed by atoms with Crippen LogP contribution in [0.15, 0.2) is 24.8 Å². The fourth-order valence-electron chi connectivity index (χ4n) is 1.60. The number of nitro groups is 1. The third kappa shape index (κ3) is 3.66. The summed E-state index contributed by atoms with van der Waals surface area (Å²) in [5.74, 6) is -1.01. The summed E-state index contributed by atoms with van der Waals surface area (Å²) in [6, 6.07) is 1.20. The molecule has 2 aromatic rings. The number of carbonyl (C=O) groups is 1. The number of pyridine rings is 1. The first kappa shape index (κ1) is 14.7. The topological polar surface area (TPSA) is 123 Å². The molecule has 0 amide bonds. The highest BCUT2D eigenvalue weighted by molar-refractivity contribution is 6.30. The first-order chi connectivity index (χ1) is 9.97. The van der Waals surface area contributed by atoms with Crippen molar-refractivity contribution in [2.75, 3.05) is 11.9 Å². The number of carboxylic acid groups (broad SMARTS) is 1. The number of anilines is 1. The zero-order valence-corrected chi connectivity index (χ0v) is 11.3. The van der Waals surface area contributed by atoms with Gasteiger partial charge in [0.15, 0.2) is 5.69 Å². The summed E-state index contributed by atoms with van der Waals surface area (Å²) in [4.78, 5) is 28.5. The lowest BCUT2D eigenvalue weighted by atomic mass is 10.4. The molecular formula is C11H10ClN5O4. The van der Waals surface area contributed by atoms with Gasteiger partial charge in [0.1, 0.15) is 0 Å². The zero-order chi connectivity index (χ0) is 15.4. The van der Waals surface area contributed by atoms with Gasteiger partial charge in [-0.15, -0.1) is 0 Å². The fraction of sp³-hybridized carbons (Fsp3) is 0.182. The Bertz CT molecular complexity index is 687. The van der Waals surface area contributed by atoms with E-state index < -0.39 is 10.9 Å². The van der Waals surface area contributed by atoms with E-state index in [1.165, 1.54) is 24.8 Å². The second-order valence-electron chi connectivity index (χ2n) is 4.01. The average Bonchev–Trinajstić information content (AvgIpc) is 2.89. The Morgan fingerprint density at radius 3 is 2.90 bits per heavy atom. The summed E-state index contributed by atoms with van der Waals surface area (Å²) in [5, 5.41) is 22.6. The van der Waals surface area contributed by atoms with Crippen molar-refractivity contribution in [3.05, 3.63) is 45.6 Å². The van der Waals surface area contributed by atoms with Crippen LogP contribution in [0.5, 0.6) is 0 Å². The predicted octanol–water partition coefficient (Wildman–Crippen LogP) is 1.65. The molecule has 2 rings (SSSR count). The molecule has 0 aromatic carbocycles. The highest BCUT2D eigenvalue weighted by Gasteiger charge is 2.15. The summed E-state index contributed by atoms with van der Waals surface area (Å²) in [6.45, 7) is 0.687. The minimum atomic E-state index is -1.11. The second kappa shape index (κ2) is 6.18. The van der Waals surface area contributed by atoms with Gasteiger partial charge in [0.2, 0.25) is 5.82 Å². The Kier molecular flexibility index (Phi) is 4.33. The molecular weight excluding hydrogens is 302 g/mol. The van der Waals surface area contributed by atoms with Gasteiger partial charge in [-0.05, 0) is 0 Å². The number of aromatic carboxylic acids is 1. The standard InChI is InChI=1S/C11H10ClN5O4/c12-7-3-9(17(20)21)10(14-4-7)13-1-2-16-5-8(11(18)19)15-6-16/h3-6H,1-2H2,(H,13,14)(H,18,19). The van der Waals surface area contributed by atoms with Crippen molar-refractivity contribution in [2.24, 2.45) is 0 Å². The van der Waals surface area contributed by atoms with E-state index in [4.69, 9.17) is 16.7 Å². The van der Waals surface area contributed by atoms with Crippen molar-refractivity contribution in [1.82, 2.24) is 14.5 Å². The Hall–Kier alpha value is -2.68. The third-order valence-corrected chi connectivity index (χ3v) is 2.75. The van der Waals surface area contributed by atoms with Crippen LogP contribution in [-0.4, -0.2) is 37.1 Å². The highest BCUT2D eigenvalue weighted by atomic mass is 35.5. The molecule has 0 aliphatic heterocycles. The van der Waals surface area contributed by atoms with E-state index in [0.29, 0.717) is 13.1 Å². The number of halogens is 1. The molecule has 2 aromatic heterocycles. The lowest BCUT2D eigenvalue weighted by Gasteiger charge is -2.06. The molecule has 0 bridgehead atoms. The van der Waals surface area contributed by atoms with Crippen molar-refractivity contribution >= 4 is 29.1 Å². The van der Waals surface area contributed by atoms with Crippen molar-refractivity contribution in [3.8, 4) is 0 Å². The van der Waals surface area contributed by atoms with Crippen LogP contribution in [0.2, 0.25) is 5.02 Å². The monoisotopic (exact) mass is 311 g/mol. The summed E-state index contributed by atoms with van der Waals surface area (Å²) in [6.07, 6.45) is 4.04. The van der Waals surface area contributed by atoms with Gasteiger partial charge >= 0.3 is 11.7 Å². The molecule has 0 aliphatic rings. The van der Waals surface area contributed by atoms with E-state index in [9.17, 15) is 14.9 Å². The maximum absolute atomic E-state index is 10.9. The first-order valence-electron chi connectivity index (χ1n) is 5.76. The van der Waals surface area contributed by atoms with Gasteiger partial charge in [-0.2, -0.15) is 0 Å². The smallest absolute Gasteiger partial charge is 0.356 e. The second-order valence-corrected chi connectivity index (χ2v) is 4.44. The van der Waals surface area contributed by atoms with E-state index >= 15 is 0 Å². The first-order valence-corrected chi connectivity index (χ1v) is 6.14. The minimum absolute atomic E-state index is 0.0643. The average molecular weight is 312 g/mol. The van der Waals surface area contributed by atoms with E-state index in [1.807, 2.05) is 0 Å². The normalized spacial score (nSPS) is 10.3. The van der Waals surface area contributed by atoms with Gasteiger partial charge < -0.3 is 15.0 Å². The van der Waals surface area contributed by atoms with Crippen LogP contribution in [0.4, 0.5) is 11.5 Å². The van der Waals surface area contributed by atoms with Crippen LogP contribution in [-0.2, 0) is 6.54 Å². The van der Waals surface area contributed by atoms with E-state index in [2.05, 4.69) is 15.3 Å². The number of hydrogen-bond acceptors (Lipinski definition) is 6. The number of nitrogens with one attached hydrogen (secondary N) is 1. The number of aromatic nitrogens is 3. The maximum atomic E-state index is 10.9. The van der Waals surface area contributed by atoms with Crippen LogP contribution in [0.1, 0.15) is 10.5 Å². The minimum Gasteiger partial charge on any atom is -0.476 e. The molecule has 0 atom stereocenters. The molecule has 21 heavy (non-hydrogen) atoms. The summed E-state index contributed by atoms with van der Waals surface area (Å²) < 4.78 is 1.55. The number of rotatable bonds is 6. The van der Waals surface area contributed by atoms with E-state index in [0.717, 1.165) is 0 Å². The van der Waals surface area contributed by atoms with Crippen LogP contribution >= 0.6 is 11.6 Å². The zero-order valence-electron chi connectivity index (χ0n) is 10.6. The molecule has 2 heterocycles. The van der Waals surface area contributed by atoms with Crippen molar-refractivity contribution in [3.63, 3.8) is 0 Å². The molecule has 0 aliphatic carbocycles. The molecule has 0 unspecified atom stereocenters. The third-order valence-electron chi connectivity index (χ3n) is 2.55. The van der Waals surface area contributed by atoms with Gasteiger partial charge in [-0.1, -0.05) is 11.6 Å². The predicted molar refractivity (Wildman–Crippen MR) is 73.6 cm³/mol. The van der Waals surface area contributed by atoms with Crippen molar-refractivity contribution in [1.29, 1.82) is 0 Å². The summed E-state index contributed by atoms with van der Waals surface area (Å²) >= 11 is 5.66. The SMILES string of the molecule is O=C(O)c1cn(CCNc2ncc(Cl)cc2[N+](=O)[O-])cn1. The van der Waals surface area contributed by atoms with Gasteiger partial charge in [-0.25, -0.2) is 14.8 Å². The number of nitrogens with zero attached hydrogens (tertiary/aromatic N) is 4. The number of carboxylic acids is 1. The van der Waals surface area contributed by atoms with E-state index in [1.54, 1.807) is 4.57 Å². The lowest BCUT2D eigenvalue weighted by molar-refractivity contribution is -0.384. The molecule has 0 saturated heterocycles. The van der Waals surface area contributed by atoms with Gasteiger partial charge in [0, 0.05) is 31.5 Å². The molecule has 2 N–H and O–H groups in total. The van der Waals surface area contributed by atoms with Crippen molar-refractivity contribution in [2.45, 2.75) is 6.54 Å². The molecule has 10 heteroatoms. The van der Waals surface area contributed by atoms with Crippen LogP contribution in [0.25, 0.3) is 0 Å². The molecule has 0 fully saturated rings. The Morgan fingerprint density at radius 1 is 1.52 bits per heavy atom. The molecule has 0 radical (unpaired) electrons. The fourth-order valence-corrected chi connectivity index (χ4v) is 1.75. The van der Waals surface area contributed by atoms with Gasteiger partial charge in [0.05, 0.1) is 16.3 Å². The van der Waals surface area contributed by atoms with Gasteiger partial charge in [-0.3, -0.25) is 10.1 Å². The van der Waals surface area contributed by atoms with Gasteiger partial charge in [0.25, 0.3) is 0 Å². The molecule has 110 valence electrons. The van der Waals surface area contributed by atoms with Crippen LogP contribution in [0, 0.1) is 10.1 Å². The molecule has 9 nitrogen and oxygen atoms in total. The van der Waals surface area contributed by atoms with E-state index in [-0.39, 0.29) is 22.2 Å². The van der Waals surface area contributed by atoms with Crippen molar-refractivity contribution < 1.29 is 14.8 Å². The molecule has 0 saturated carbocycles. The Labute approximate surface area is 123 Å². The summed E-state index contributed by atoms with van der Waals surface area (Å²) in [5.41, 5.74) is -0.287. The Morgan fingerprint density at radius 2 is 2.29 bits per heavy atom. The van der Waals surface area contributed by atoms with Crippen LogP contribution < -0.4 is 5.32 Å². The Balaban J connectivity index is 2.00. The van der Waals surface area contributed by atoms with Crippen LogP contribution in [0.3, 0.4) is 0 Å². The lowest BCUT2D eigenvalue weighted by Crippen LogP contribution is -2.11. The maximum Gasteiger partial charge on any atom is 0.356 e. The quantitative estimate of drug-likeness (QED) is 0.614. The number of hydrogen-bond donors (Lipinski definition) is 2. The summed E-state index contributed by atoms with van der Waals surface area (Å²) in [7, 11) is 0.